The molecule has 1 aliphatic heterocycles. The number of ether oxygens (including phenoxy) is 2. The fourth-order valence-electron chi connectivity index (χ4n) is 2.96. The number of nitrogens with zero attached hydrogens (tertiary/aromatic N) is 1. The van der Waals surface area contributed by atoms with Crippen LogP contribution in [0.3, 0.4) is 0 Å². The Bertz CT molecular complexity index is 701. The van der Waals surface area contributed by atoms with Crippen LogP contribution in [-0.4, -0.2) is 36.4 Å². The van der Waals surface area contributed by atoms with Crippen molar-refractivity contribution in [2.45, 2.75) is 57.7 Å². The summed E-state index contributed by atoms with van der Waals surface area (Å²) >= 11 is 0. The molecule has 1 aromatic rings. The Morgan fingerprint density at radius 3 is 2.61 bits per heavy atom. The standard InChI is InChI=1S/C21H28F3NO3/c1-3-4-5-6-7-12-27-19-9-8-17(13-18(19)21(22,23)24)10-11-20(14-26)15-28-16(2)25-20/h8-11,13,26H,3-7,12,14-15H2,1-2H3/b11-10+. The second kappa shape index (κ2) is 9.96. The van der Waals surface area contributed by atoms with Crippen molar-refractivity contribution >= 4 is 12.0 Å². The lowest BCUT2D eigenvalue weighted by Crippen LogP contribution is -2.30. The van der Waals surface area contributed by atoms with E-state index in [1.807, 2.05) is 0 Å². The molecule has 7 heteroatoms. The first-order valence-electron chi connectivity index (χ1n) is 9.63. The third kappa shape index (κ3) is 6.26. The molecule has 156 valence electrons. The van der Waals surface area contributed by atoms with Crippen LogP contribution in [0.2, 0.25) is 0 Å². The van der Waals surface area contributed by atoms with Crippen LogP contribution >= 0.6 is 0 Å². The summed E-state index contributed by atoms with van der Waals surface area (Å²) in [5.41, 5.74) is -1.39. The Kier molecular flexibility index (Phi) is 7.92. The van der Waals surface area contributed by atoms with Crippen molar-refractivity contribution in [2.24, 2.45) is 4.99 Å². The molecule has 2 rings (SSSR count). The van der Waals surface area contributed by atoms with E-state index in [-0.39, 0.29) is 25.6 Å². The maximum absolute atomic E-state index is 13.5. The molecule has 1 atom stereocenters. The second-order valence-electron chi connectivity index (χ2n) is 7.03. The number of benzene rings is 1. The van der Waals surface area contributed by atoms with E-state index in [1.54, 1.807) is 19.1 Å². The van der Waals surface area contributed by atoms with Crippen molar-refractivity contribution in [1.82, 2.24) is 0 Å². The third-order valence-corrected chi connectivity index (χ3v) is 4.59. The van der Waals surface area contributed by atoms with Crippen molar-refractivity contribution in [3.63, 3.8) is 0 Å². The lowest BCUT2D eigenvalue weighted by molar-refractivity contribution is -0.139. The van der Waals surface area contributed by atoms with Gasteiger partial charge in [-0.15, -0.1) is 0 Å². The van der Waals surface area contributed by atoms with Crippen molar-refractivity contribution in [3.05, 3.63) is 35.4 Å². The molecule has 0 aromatic heterocycles. The molecule has 1 aromatic carbocycles. The van der Waals surface area contributed by atoms with Gasteiger partial charge in [-0.3, -0.25) is 0 Å². The number of aliphatic hydroxyl groups is 1. The van der Waals surface area contributed by atoms with E-state index in [9.17, 15) is 18.3 Å². The highest BCUT2D eigenvalue weighted by Crippen LogP contribution is 2.37. The van der Waals surface area contributed by atoms with Crippen LogP contribution in [-0.2, 0) is 10.9 Å². The Morgan fingerprint density at radius 2 is 2.00 bits per heavy atom. The van der Waals surface area contributed by atoms with Crippen molar-refractivity contribution in [1.29, 1.82) is 0 Å². The highest BCUT2D eigenvalue weighted by atomic mass is 19.4. The number of alkyl halides is 3. The summed E-state index contributed by atoms with van der Waals surface area (Å²) < 4.78 is 51.0. The van der Waals surface area contributed by atoms with Gasteiger partial charge in [0.1, 0.15) is 17.9 Å². The lowest BCUT2D eigenvalue weighted by atomic mass is 10.0. The van der Waals surface area contributed by atoms with Crippen LogP contribution in [0.1, 0.15) is 57.1 Å². The minimum atomic E-state index is -4.51. The van der Waals surface area contributed by atoms with Crippen LogP contribution in [0, 0.1) is 0 Å². The molecule has 0 amide bonds. The van der Waals surface area contributed by atoms with Gasteiger partial charge in [-0.05, 0) is 24.1 Å². The first kappa shape index (κ1) is 22.3. The fraction of sp³-hybridized carbons (Fsp3) is 0.571. The number of hydrogen-bond donors (Lipinski definition) is 1. The number of aliphatic imine (C=N–C) groups is 1. The van der Waals surface area contributed by atoms with E-state index in [1.165, 1.54) is 12.1 Å². The lowest BCUT2D eigenvalue weighted by Gasteiger charge is -2.17. The Balaban J connectivity index is 2.10. The molecule has 0 saturated heterocycles. The average molecular weight is 399 g/mol. The molecule has 0 spiro atoms. The summed E-state index contributed by atoms with van der Waals surface area (Å²) in [4.78, 5) is 4.22. The first-order chi connectivity index (χ1) is 13.3. The zero-order valence-electron chi connectivity index (χ0n) is 16.4. The molecule has 1 N–H and O–H groups in total. The molecule has 1 unspecified atom stereocenters. The Morgan fingerprint density at radius 1 is 1.25 bits per heavy atom. The predicted octanol–water partition coefficient (Wildman–Crippen LogP) is 5.25. The number of rotatable bonds is 10. The van der Waals surface area contributed by atoms with Crippen molar-refractivity contribution in [3.8, 4) is 5.75 Å². The summed E-state index contributed by atoms with van der Waals surface area (Å²) in [6.45, 7) is 3.92. The zero-order chi connectivity index (χ0) is 20.6. The van der Waals surface area contributed by atoms with E-state index < -0.39 is 17.3 Å². The molecule has 0 bridgehead atoms. The maximum atomic E-state index is 13.5. The normalized spacial score (nSPS) is 19.7. The molecule has 1 heterocycles. The van der Waals surface area contributed by atoms with Gasteiger partial charge < -0.3 is 14.6 Å². The van der Waals surface area contributed by atoms with Gasteiger partial charge in [0.15, 0.2) is 5.90 Å². The molecule has 1 aliphatic rings. The minimum Gasteiger partial charge on any atom is -0.493 e. The van der Waals surface area contributed by atoms with E-state index in [2.05, 4.69) is 11.9 Å². The van der Waals surface area contributed by atoms with Gasteiger partial charge in [0, 0.05) is 6.92 Å². The van der Waals surface area contributed by atoms with Crippen LogP contribution in [0.25, 0.3) is 6.08 Å². The van der Waals surface area contributed by atoms with Gasteiger partial charge in [0.2, 0.25) is 0 Å². The predicted molar refractivity (Wildman–Crippen MR) is 104 cm³/mol. The first-order valence-corrected chi connectivity index (χ1v) is 9.63. The summed E-state index contributed by atoms with van der Waals surface area (Å²) in [5.74, 6) is 0.285. The molecule has 0 saturated carbocycles. The highest BCUT2D eigenvalue weighted by molar-refractivity contribution is 5.76. The van der Waals surface area contributed by atoms with Crippen LogP contribution in [0.4, 0.5) is 13.2 Å². The van der Waals surface area contributed by atoms with Gasteiger partial charge in [0.25, 0.3) is 0 Å². The average Bonchev–Trinajstić information content (AvgIpc) is 3.04. The van der Waals surface area contributed by atoms with Gasteiger partial charge in [0.05, 0.1) is 18.8 Å². The van der Waals surface area contributed by atoms with Gasteiger partial charge in [-0.1, -0.05) is 50.8 Å². The van der Waals surface area contributed by atoms with E-state index in [0.29, 0.717) is 11.5 Å². The smallest absolute Gasteiger partial charge is 0.419 e. The van der Waals surface area contributed by atoms with E-state index in [4.69, 9.17) is 9.47 Å². The number of aliphatic hydroxyl groups excluding tert-OH is 1. The minimum absolute atomic E-state index is 0.157. The van der Waals surface area contributed by atoms with Crippen LogP contribution in [0.15, 0.2) is 29.3 Å². The molecule has 0 radical (unpaired) electrons. The largest absolute Gasteiger partial charge is 0.493 e. The Hall–Kier alpha value is -2.02. The van der Waals surface area contributed by atoms with Crippen molar-refractivity contribution in [2.75, 3.05) is 19.8 Å². The summed E-state index contributed by atoms with van der Waals surface area (Å²) in [5, 5.41) is 9.58. The van der Waals surface area contributed by atoms with E-state index in [0.717, 1.165) is 38.2 Å². The van der Waals surface area contributed by atoms with Crippen molar-refractivity contribution < 1.29 is 27.8 Å². The molecule has 28 heavy (non-hydrogen) atoms. The second-order valence-corrected chi connectivity index (χ2v) is 7.03. The highest BCUT2D eigenvalue weighted by Gasteiger charge is 2.35. The van der Waals surface area contributed by atoms with Crippen LogP contribution in [0.5, 0.6) is 5.75 Å². The number of halogens is 3. The summed E-state index contributed by atoms with van der Waals surface area (Å²) in [6, 6.07) is 3.97. The fourth-order valence-corrected chi connectivity index (χ4v) is 2.96. The Labute approximate surface area is 164 Å². The third-order valence-electron chi connectivity index (χ3n) is 4.59. The van der Waals surface area contributed by atoms with Gasteiger partial charge in [-0.25, -0.2) is 4.99 Å². The van der Waals surface area contributed by atoms with Gasteiger partial charge in [-0.2, -0.15) is 13.2 Å². The summed E-state index contributed by atoms with van der Waals surface area (Å²) in [6.07, 6.45) is 3.56. The topological polar surface area (TPSA) is 51.0 Å². The maximum Gasteiger partial charge on any atom is 0.419 e. The number of unbranched alkanes of at least 4 members (excludes halogenated alkanes) is 4. The molecule has 4 nitrogen and oxygen atoms in total. The number of hydrogen-bond acceptors (Lipinski definition) is 4. The molecular weight excluding hydrogens is 371 g/mol. The molecule has 0 aliphatic carbocycles. The van der Waals surface area contributed by atoms with Gasteiger partial charge >= 0.3 is 6.18 Å². The monoisotopic (exact) mass is 399 g/mol. The van der Waals surface area contributed by atoms with E-state index >= 15 is 0 Å². The quantitative estimate of drug-likeness (QED) is 0.547. The summed E-state index contributed by atoms with van der Waals surface area (Å²) in [7, 11) is 0. The zero-order valence-corrected chi connectivity index (χ0v) is 16.4. The molecule has 0 fully saturated rings. The molecular formula is C21H28F3NO3. The SMILES string of the molecule is CCCCCCCOc1ccc(/C=C/C2(CO)COC(C)=N2)cc1C(F)(F)F. The van der Waals surface area contributed by atoms with Crippen LogP contribution < -0.4 is 4.74 Å².